The molecule has 2 aliphatic rings. The minimum Gasteiger partial charge on any atom is -0.371 e. The molecule has 1 aromatic heterocycles. The molecule has 1 saturated carbocycles. The summed E-state index contributed by atoms with van der Waals surface area (Å²) in [6.07, 6.45) is 9.49. The van der Waals surface area contributed by atoms with Crippen LogP contribution >= 0.6 is 0 Å². The smallest absolute Gasteiger partial charge is 0.123 e. The molecule has 5 heteroatoms. The number of benzene rings is 2. The minimum absolute atomic E-state index is 0.0418. The number of nitrogens with zero attached hydrogens (tertiary/aromatic N) is 3. The summed E-state index contributed by atoms with van der Waals surface area (Å²) in [5, 5.41) is 0. The quantitative estimate of drug-likeness (QED) is 0.513. The Morgan fingerprint density at radius 1 is 1.12 bits per heavy atom. The van der Waals surface area contributed by atoms with Crippen LogP contribution in [0.4, 0.5) is 4.39 Å². The summed E-state index contributed by atoms with van der Waals surface area (Å²) in [5.74, 6) is -0.152. The number of H-pyrrole nitrogens is 1. The number of hydrogen-bond donors (Lipinski definition) is 1. The SMILES string of the molecule is C=C(c1cccc2[nH]cnc12)N1CCC(CCN=C2CCCC2)(c2cccc(F)c2)CC1. The number of halogens is 1. The van der Waals surface area contributed by atoms with Gasteiger partial charge in [-0.2, -0.15) is 0 Å². The number of nitrogens with one attached hydrogen (secondary N) is 1. The lowest BCUT2D eigenvalue weighted by atomic mass is 9.70. The molecule has 0 spiro atoms. The van der Waals surface area contributed by atoms with E-state index in [1.165, 1.54) is 24.6 Å². The summed E-state index contributed by atoms with van der Waals surface area (Å²) < 4.78 is 14.1. The van der Waals surface area contributed by atoms with Gasteiger partial charge in [0.05, 0.1) is 17.4 Å². The third-order valence-corrected chi connectivity index (χ3v) is 7.41. The van der Waals surface area contributed by atoms with E-state index < -0.39 is 0 Å². The van der Waals surface area contributed by atoms with Gasteiger partial charge in [0, 0.05) is 42.0 Å². The largest absolute Gasteiger partial charge is 0.371 e. The van der Waals surface area contributed by atoms with Crippen molar-refractivity contribution in [1.82, 2.24) is 14.9 Å². The van der Waals surface area contributed by atoms with Gasteiger partial charge in [0.1, 0.15) is 5.82 Å². The van der Waals surface area contributed by atoms with Crippen molar-refractivity contribution in [3.63, 3.8) is 0 Å². The highest BCUT2D eigenvalue weighted by Gasteiger charge is 2.36. The van der Waals surface area contributed by atoms with Gasteiger partial charge in [-0.25, -0.2) is 9.37 Å². The number of aromatic nitrogens is 2. The summed E-state index contributed by atoms with van der Waals surface area (Å²) in [6, 6.07) is 13.4. The zero-order valence-corrected chi connectivity index (χ0v) is 18.6. The molecule has 0 atom stereocenters. The molecular formula is C27H31FN4. The van der Waals surface area contributed by atoms with E-state index in [0.717, 1.165) is 79.6 Å². The first-order chi connectivity index (χ1) is 15.6. The van der Waals surface area contributed by atoms with Gasteiger partial charge in [0.15, 0.2) is 0 Å². The third-order valence-electron chi connectivity index (χ3n) is 7.41. The Bertz CT molecular complexity index is 1130. The first kappa shape index (κ1) is 20.9. The Balaban J connectivity index is 1.35. The van der Waals surface area contributed by atoms with Gasteiger partial charge < -0.3 is 9.88 Å². The van der Waals surface area contributed by atoms with Gasteiger partial charge >= 0.3 is 0 Å². The fraction of sp³-hybridized carbons (Fsp3) is 0.407. The molecule has 0 bridgehead atoms. The van der Waals surface area contributed by atoms with Crippen molar-refractivity contribution in [2.75, 3.05) is 19.6 Å². The van der Waals surface area contributed by atoms with E-state index in [2.05, 4.69) is 33.6 Å². The average Bonchev–Trinajstić information content (AvgIpc) is 3.51. The van der Waals surface area contributed by atoms with Crippen LogP contribution in [0.2, 0.25) is 0 Å². The predicted molar refractivity (Wildman–Crippen MR) is 129 cm³/mol. The average molecular weight is 431 g/mol. The van der Waals surface area contributed by atoms with Gasteiger partial charge in [-0.15, -0.1) is 0 Å². The molecule has 5 rings (SSSR count). The van der Waals surface area contributed by atoms with Crippen molar-refractivity contribution in [2.24, 2.45) is 4.99 Å². The van der Waals surface area contributed by atoms with Gasteiger partial charge in [-0.1, -0.05) is 30.8 Å². The highest BCUT2D eigenvalue weighted by atomic mass is 19.1. The standard InChI is InChI=1S/C27H31FN4/c1-20(24-10-5-11-25-26(24)31-19-30-25)32-16-13-27(14-17-32,21-6-4-7-22(28)18-21)12-15-29-23-8-2-3-9-23/h4-7,10-11,18-19H,1-3,8-9,12-17H2,(H,30,31). The van der Waals surface area contributed by atoms with Crippen molar-refractivity contribution >= 4 is 22.4 Å². The van der Waals surface area contributed by atoms with Crippen molar-refractivity contribution in [3.8, 4) is 0 Å². The third kappa shape index (κ3) is 4.08. The Labute approximate surface area is 189 Å². The van der Waals surface area contributed by atoms with Gasteiger partial charge in [0.2, 0.25) is 0 Å². The van der Waals surface area contributed by atoms with Crippen LogP contribution < -0.4 is 0 Å². The molecule has 3 aromatic rings. The topological polar surface area (TPSA) is 44.3 Å². The molecule has 4 nitrogen and oxygen atoms in total. The molecule has 1 saturated heterocycles. The summed E-state index contributed by atoms with van der Waals surface area (Å²) in [4.78, 5) is 15.0. The Kier molecular flexibility index (Phi) is 5.81. The monoisotopic (exact) mass is 430 g/mol. The lowest BCUT2D eigenvalue weighted by Gasteiger charge is -2.44. The van der Waals surface area contributed by atoms with Crippen LogP contribution in [-0.2, 0) is 5.41 Å². The Morgan fingerprint density at radius 2 is 1.91 bits per heavy atom. The highest BCUT2D eigenvalue weighted by Crippen LogP contribution is 2.41. The van der Waals surface area contributed by atoms with Crippen molar-refractivity contribution in [1.29, 1.82) is 0 Å². The van der Waals surface area contributed by atoms with Crippen LogP contribution in [0.25, 0.3) is 16.7 Å². The number of aromatic amines is 1. The second-order valence-corrected chi connectivity index (χ2v) is 9.23. The second kappa shape index (κ2) is 8.89. The fourth-order valence-electron chi connectivity index (χ4n) is 5.44. The van der Waals surface area contributed by atoms with Crippen molar-refractivity contribution in [3.05, 3.63) is 72.3 Å². The maximum Gasteiger partial charge on any atom is 0.123 e. The molecule has 0 radical (unpaired) electrons. The molecule has 2 aromatic carbocycles. The Hall–Kier alpha value is -2.95. The lowest BCUT2D eigenvalue weighted by molar-refractivity contribution is 0.207. The van der Waals surface area contributed by atoms with Crippen LogP contribution in [0.3, 0.4) is 0 Å². The van der Waals surface area contributed by atoms with E-state index in [9.17, 15) is 4.39 Å². The minimum atomic E-state index is -0.152. The van der Waals surface area contributed by atoms with Gasteiger partial charge in [0.25, 0.3) is 0 Å². The number of para-hydroxylation sites is 1. The highest BCUT2D eigenvalue weighted by molar-refractivity contribution is 5.88. The molecule has 1 N–H and O–H groups in total. The van der Waals surface area contributed by atoms with Crippen molar-refractivity contribution < 1.29 is 4.39 Å². The number of hydrogen-bond acceptors (Lipinski definition) is 3. The molecule has 166 valence electrons. The molecule has 32 heavy (non-hydrogen) atoms. The molecular weight excluding hydrogens is 399 g/mol. The maximum absolute atomic E-state index is 14.1. The zero-order chi connectivity index (χ0) is 22.0. The summed E-state index contributed by atoms with van der Waals surface area (Å²) in [5.41, 5.74) is 6.53. The number of imidazole rings is 1. The summed E-state index contributed by atoms with van der Waals surface area (Å²) in [7, 11) is 0. The number of piperidine rings is 1. The summed E-state index contributed by atoms with van der Waals surface area (Å²) in [6.45, 7) is 7.04. The lowest BCUT2D eigenvalue weighted by Crippen LogP contribution is -2.42. The molecule has 2 fully saturated rings. The first-order valence-corrected chi connectivity index (χ1v) is 11.8. The van der Waals surface area contributed by atoms with E-state index in [4.69, 9.17) is 4.99 Å². The normalized spacial score (nSPS) is 18.3. The van der Waals surface area contributed by atoms with E-state index >= 15 is 0 Å². The number of likely N-dealkylation sites (tertiary alicyclic amines) is 1. The van der Waals surface area contributed by atoms with Crippen LogP contribution in [0.15, 0.2) is 60.4 Å². The molecule has 1 aliphatic carbocycles. The van der Waals surface area contributed by atoms with Crippen molar-refractivity contribution in [2.45, 2.75) is 50.4 Å². The van der Waals surface area contributed by atoms with Gasteiger partial charge in [-0.05, 0) is 68.7 Å². The zero-order valence-electron chi connectivity index (χ0n) is 18.6. The molecule has 0 unspecified atom stereocenters. The molecule has 0 amide bonds. The number of fused-ring (bicyclic) bond motifs is 1. The molecule has 2 heterocycles. The van der Waals surface area contributed by atoms with E-state index in [1.54, 1.807) is 12.4 Å². The van der Waals surface area contributed by atoms with Crippen LogP contribution in [-0.4, -0.2) is 40.2 Å². The number of rotatable bonds is 6. The maximum atomic E-state index is 14.1. The fourth-order valence-corrected chi connectivity index (χ4v) is 5.44. The van der Waals surface area contributed by atoms with E-state index in [0.29, 0.717) is 0 Å². The van der Waals surface area contributed by atoms with Gasteiger partial charge in [-0.3, -0.25) is 4.99 Å². The van der Waals surface area contributed by atoms with Crippen LogP contribution in [0.5, 0.6) is 0 Å². The molecule has 1 aliphatic heterocycles. The second-order valence-electron chi connectivity index (χ2n) is 9.23. The summed E-state index contributed by atoms with van der Waals surface area (Å²) >= 11 is 0. The Morgan fingerprint density at radius 3 is 2.69 bits per heavy atom. The predicted octanol–water partition coefficient (Wildman–Crippen LogP) is 6.11. The number of aliphatic imine (C=N–C) groups is 1. The van der Waals surface area contributed by atoms with Crippen LogP contribution in [0, 0.1) is 5.82 Å². The van der Waals surface area contributed by atoms with Crippen LogP contribution in [0.1, 0.15) is 56.1 Å². The first-order valence-electron chi connectivity index (χ1n) is 11.8. The van der Waals surface area contributed by atoms with E-state index in [1.807, 2.05) is 18.2 Å². The van der Waals surface area contributed by atoms with E-state index in [-0.39, 0.29) is 11.2 Å².